The molecule has 0 amide bonds. The zero-order valence-corrected chi connectivity index (χ0v) is 13.3. The molecule has 2 rings (SSSR count). The van der Waals surface area contributed by atoms with Crippen molar-refractivity contribution in [2.45, 2.75) is 24.7 Å². The van der Waals surface area contributed by atoms with Crippen LogP contribution in [0.15, 0.2) is 30.3 Å². The Kier molecular flexibility index (Phi) is 9.06. The monoisotopic (exact) mass is 318 g/mol. The summed E-state index contributed by atoms with van der Waals surface area (Å²) in [4.78, 5) is 13.2. The molecule has 1 aromatic carbocycles. The van der Waals surface area contributed by atoms with Crippen LogP contribution in [-0.4, -0.2) is 32.5 Å². The lowest BCUT2D eigenvalue weighted by Crippen LogP contribution is -3.13. The maximum atomic E-state index is 11.6. The molecule has 0 saturated carbocycles. The van der Waals surface area contributed by atoms with Crippen molar-refractivity contribution in [3.63, 3.8) is 0 Å². The summed E-state index contributed by atoms with van der Waals surface area (Å²) >= 11 is 0. The summed E-state index contributed by atoms with van der Waals surface area (Å²) in [6.45, 7) is 4.43. The summed E-state index contributed by atoms with van der Waals surface area (Å²) in [6.07, 6.45) is 4.33. The van der Waals surface area contributed by atoms with Crippen molar-refractivity contribution in [1.82, 2.24) is 0 Å². The quantitative estimate of drug-likeness (QED) is 0.521. The number of piperidine rings is 1. The Balaban J connectivity index is 0.00000180. The third kappa shape index (κ3) is 4.45. The van der Waals surface area contributed by atoms with Crippen LogP contribution in [0.1, 0.15) is 24.8 Å². The van der Waals surface area contributed by atoms with Gasteiger partial charge in [-0.05, 0) is 5.56 Å². The van der Waals surface area contributed by atoms with Crippen molar-refractivity contribution < 1.29 is 40.2 Å². The number of quaternary nitrogens is 2. The predicted octanol–water partition coefficient (Wildman–Crippen LogP) is -6.56. The maximum Gasteiger partial charge on any atom is 0.130 e. The Morgan fingerprint density at radius 1 is 1.15 bits per heavy atom. The smallest absolute Gasteiger partial charge is 0.130 e. The van der Waals surface area contributed by atoms with Crippen molar-refractivity contribution in [2.24, 2.45) is 0 Å². The van der Waals surface area contributed by atoms with E-state index in [9.17, 15) is 4.79 Å². The summed E-state index contributed by atoms with van der Waals surface area (Å²) in [7, 11) is 0. The number of hydrogen-bond acceptors (Lipinski definition) is 1. The molecule has 5 heteroatoms. The largest absolute Gasteiger partial charge is 1.00 e. The zero-order valence-electron chi connectivity index (χ0n) is 11.8. The van der Waals surface area contributed by atoms with Gasteiger partial charge in [0.2, 0.25) is 0 Å². The molecule has 1 fully saturated rings. The Bertz CT molecular complexity index is 379. The highest BCUT2D eigenvalue weighted by Gasteiger charge is 2.37. The third-order valence-corrected chi connectivity index (χ3v) is 4.20. The molecule has 0 bridgehead atoms. The number of benzene rings is 1. The molecule has 0 aliphatic carbocycles. The van der Waals surface area contributed by atoms with Crippen molar-refractivity contribution in [3.05, 3.63) is 35.9 Å². The van der Waals surface area contributed by atoms with E-state index >= 15 is 0 Å². The van der Waals surface area contributed by atoms with Gasteiger partial charge in [0, 0.05) is 19.3 Å². The van der Waals surface area contributed by atoms with Crippen LogP contribution in [0.4, 0.5) is 0 Å². The Morgan fingerprint density at radius 2 is 1.75 bits per heavy atom. The first-order valence-electron chi connectivity index (χ1n) is 6.95. The van der Waals surface area contributed by atoms with Crippen molar-refractivity contribution in [2.75, 3.05) is 26.2 Å². The topological polar surface area (TPSA) is 49.1 Å². The van der Waals surface area contributed by atoms with Gasteiger partial charge in [0.1, 0.15) is 6.29 Å². The lowest BCUT2D eigenvalue weighted by atomic mass is 9.74. The molecule has 1 aromatic rings. The molecule has 0 unspecified atom stereocenters. The number of rotatable bonds is 5. The maximum absolute atomic E-state index is 11.6. The molecule has 1 aliphatic rings. The second-order valence-electron chi connectivity index (χ2n) is 5.35. The van der Waals surface area contributed by atoms with Crippen LogP contribution in [0.3, 0.4) is 0 Å². The molecule has 1 saturated heterocycles. The molecule has 0 aromatic heterocycles. The average Bonchev–Trinajstić information content (AvgIpc) is 2.46. The summed E-state index contributed by atoms with van der Waals surface area (Å²) in [5, 5.41) is 0. The van der Waals surface area contributed by atoms with Crippen LogP contribution in [-0.2, 0) is 10.2 Å². The molecule has 4 N–H and O–H groups in total. The number of aldehydes is 1. The van der Waals surface area contributed by atoms with Gasteiger partial charge in [-0.1, -0.05) is 30.3 Å². The van der Waals surface area contributed by atoms with E-state index in [4.69, 9.17) is 0 Å². The number of carbonyl (C=O) groups excluding carboxylic acids is 1. The lowest BCUT2D eigenvalue weighted by molar-refractivity contribution is -0.906. The van der Waals surface area contributed by atoms with Gasteiger partial charge in [0.25, 0.3) is 0 Å². The molecule has 1 heterocycles. The van der Waals surface area contributed by atoms with Crippen molar-refractivity contribution in [1.29, 1.82) is 0 Å². The van der Waals surface area contributed by atoms with Gasteiger partial charge in [0.05, 0.1) is 31.6 Å². The molecule has 0 spiro atoms. The predicted molar refractivity (Wildman–Crippen MR) is 71.4 cm³/mol. The van der Waals surface area contributed by atoms with E-state index in [2.05, 4.69) is 17.9 Å². The molecule has 114 valence electrons. The number of likely N-dealkylation sites (tertiary alicyclic amines) is 1. The van der Waals surface area contributed by atoms with E-state index in [0.29, 0.717) is 0 Å². The zero-order chi connectivity index (χ0) is 12.8. The average molecular weight is 319 g/mol. The van der Waals surface area contributed by atoms with E-state index in [0.717, 1.165) is 32.5 Å². The summed E-state index contributed by atoms with van der Waals surface area (Å²) in [5.74, 6) is 0. The molecular formula is C15H24Cl2N2O. The van der Waals surface area contributed by atoms with Crippen LogP contribution >= 0.6 is 0 Å². The van der Waals surface area contributed by atoms with Crippen LogP contribution in [0, 0.1) is 0 Å². The first kappa shape index (κ1) is 19.4. The number of halogens is 2. The molecule has 1 aliphatic heterocycles. The summed E-state index contributed by atoms with van der Waals surface area (Å²) < 4.78 is 0. The highest BCUT2D eigenvalue weighted by atomic mass is 35.5. The highest BCUT2D eigenvalue weighted by molar-refractivity contribution is 5.68. The summed E-state index contributed by atoms with van der Waals surface area (Å²) in [6, 6.07) is 10.3. The molecule has 0 atom stereocenters. The van der Waals surface area contributed by atoms with Gasteiger partial charge in [-0.15, -0.1) is 0 Å². The first-order chi connectivity index (χ1) is 8.80. The fraction of sp³-hybridized carbons (Fsp3) is 0.533. The normalized spacial score (nSPS) is 25.1. The fourth-order valence-corrected chi connectivity index (χ4v) is 2.92. The Hall–Kier alpha value is -0.610. The van der Waals surface area contributed by atoms with Gasteiger partial charge >= 0.3 is 0 Å². The number of hydrogen-bond donors (Lipinski definition) is 2. The van der Waals surface area contributed by atoms with E-state index < -0.39 is 0 Å². The Labute approximate surface area is 133 Å². The van der Waals surface area contributed by atoms with Crippen LogP contribution < -0.4 is 35.4 Å². The Morgan fingerprint density at radius 3 is 2.25 bits per heavy atom. The second-order valence-corrected chi connectivity index (χ2v) is 5.35. The minimum Gasteiger partial charge on any atom is -1.00 e. The standard InChI is InChI=1S/C15H22N2O.2ClH/c16-9-4-10-17-11-7-15(13-18,8-12-17)14-5-2-1-3-6-14;;/h1-3,5-6,13H,4,7-12,16H2;2*1H. The molecule has 0 radical (unpaired) electrons. The molecule has 20 heavy (non-hydrogen) atoms. The van der Waals surface area contributed by atoms with E-state index in [1.54, 1.807) is 4.90 Å². The highest BCUT2D eigenvalue weighted by Crippen LogP contribution is 2.29. The molecule has 3 nitrogen and oxygen atoms in total. The lowest BCUT2D eigenvalue weighted by Gasteiger charge is -2.36. The van der Waals surface area contributed by atoms with E-state index in [-0.39, 0.29) is 30.2 Å². The van der Waals surface area contributed by atoms with Gasteiger partial charge in [-0.25, -0.2) is 0 Å². The third-order valence-electron chi connectivity index (χ3n) is 4.20. The minimum absolute atomic E-state index is 0. The fourth-order valence-electron chi connectivity index (χ4n) is 2.92. The van der Waals surface area contributed by atoms with Gasteiger partial charge < -0.3 is 40.2 Å². The number of nitrogens with one attached hydrogen (secondary N) is 1. The van der Waals surface area contributed by atoms with Gasteiger partial charge in [-0.2, -0.15) is 0 Å². The van der Waals surface area contributed by atoms with Gasteiger partial charge in [-0.3, -0.25) is 0 Å². The van der Waals surface area contributed by atoms with Crippen molar-refractivity contribution in [3.8, 4) is 0 Å². The van der Waals surface area contributed by atoms with Gasteiger partial charge in [0.15, 0.2) is 0 Å². The minimum atomic E-state index is -0.227. The van der Waals surface area contributed by atoms with E-state index in [1.807, 2.05) is 18.2 Å². The van der Waals surface area contributed by atoms with Crippen LogP contribution in [0.5, 0.6) is 0 Å². The number of carbonyl (C=O) groups is 1. The van der Waals surface area contributed by atoms with E-state index in [1.165, 1.54) is 24.8 Å². The van der Waals surface area contributed by atoms with Crippen molar-refractivity contribution >= 4 is 6.29 Å². The van der Waals surface area contributed by atoms with Crippen LogP contribution in [0.25, 0.3) is 0 Å². The molecular weight excluding hydrogens is 295 g/mol. The van der Waals surface area contributed by atoms with Crippen LogP contribution in [0.2, 0.25) is 0 Å². The summed E-state index contributed by atoms with van der Waals surface area (Å²) in [5.41, 5.74) is 4.86. The first-order valence-corrected chi connectivity index (χ1v) is 6.95. The SMILES string of the molecule is [Cl-].[Cl-].[NH3+]CCC[NH+]1CCC(C=O)(c2ccccc2)CC1. The second kappa shape index (κ2) is 9.35.